The third kappa shape index (κ3) is 4.11. The molecule has 0 radical (unpaired) electrons. The zero-order valence-electron chi connectivity index (χ0n) is 12.8. The van der Waals surface area contributed by atoms with Crippen molar-refractivity contribution in [3.8, 4) is 11.5 Å². The molecule has 0 saturated heterocycles. The number of esters is 1. The van der Waals surface area contributed by atoms with Gasteiger partial charge in [-0.15, -0.1) is 0 Å². The first-order valence-corrected chi connectivity index (χ1v) is 7.19. The first-order valence-electron chi connectivity index (χ1n) is 7.19. The zero-order valence-corrected chi connectivity index (χ0v) is 12.8. The van der Waals surface area contributed by atoms with Crippen LogP contribution < -0.4 is 15.2 Å². The van der Waals surface area contributed by atoms with Crippen molar-refractivity contribution in [3.05, 3.63) is 23.8 Å². The van der Waals surface area contributed by atoms with Crippen molar-refractivity contribution in [2.45, 2.75) is 44.8 Å². The molecule has 116 valence electrons. The molecule has 0 aromatic heterocycles. The molecule has 1 heterocycles. The third-order valence-corrected chi connectivity index (χ3v) is 3.50. The summed E-state index contributed by atoms with van der Waals surface area (Å²) < 4.78 is 16.2. The highest BCUT2D eigenvalue weighted by molar-refractivity contribution is 5.69. The largest absolute Gasteiger partial charge is 0.493 e. The number of nitrogens with two attached hydrogens (primary N) is 1. The summed E-state index contributed by atoms with van der Waals surface area (Å²) in [6.07, 6.45) is 1.77. The van der Waals surface area contributed by atoms with E-state index in [9.17, 15) is 4.79 Å². The van der Waals surface area contributed by atoms with E-state index in [2.05, 4.69) is 4.74 Å². The lowest BCUT2D eigenvalue weighted by molar-refractivity contribution is -0.140. The van der Waals surface area contributed by atoms with Gasteiger partial charge in [0.1, 0.15) is 17.1 Å². The highest BCUT2D eigenvalue weighted by Gasteiger charge is 2.31. The minimum Gasteiger partial charge on any atom is -0.493 e. The van der Waals surface area contributed by atoms with Crippen LogP contribution >= 0.6 is 0 Å². The normalized spacial score (nSPS) is 19.3. The molecule has 0 bridgehead atoms. The molecule has 1 unspecified atom stereocenters. The SMILES string of the molecule is COC(=O)CCCOc1ccc2c(c1)OC(C)(C)CC2N. The average Bonchev–Trinajstić information content (AvgIpc) is 2.41. The second-order valence-corrected chi connectivity index (χ2v) is 5.90. The number of benzene rings is 1. The number of carbonyl (C=O) groups excluding carboxylic acids is 1. The maximum absolute atomic E-state index is 11.0. The lowest BCUT2D eigenvalue weighted by Gasteiger charge is -2.36. The van der Waals surface area contributed by atoms with Gasteiger partial charge in [-0.25, -0.2) is 0 Å². The fraction of sp³-hybridized carbons (Fsp3) is 0.562. The Morgan fingerprint density at radius 2 is 2.24 bits per heavy atom. The Bertz CT molecular complexity index is 513. The fourth-order valence-electron chi connectivity index (χ4n) is 2.49. The van der Waals surface area contributed by atoms with Gasteiger partial charge in [0, 0.05) is 30.5 Å². The van der Waals surface area contributed by atoms with Crippen LogP contribution in [-0.4, -0.2) is 25.3 Å². The van der Waals surface area contributed by atoms with Crippen molar-refractivity contribution in [2.75, 3.05) is 13.7 Å². The van der Waals surface area contributed by atoms with E-state index < -0.39 is 0 Å². The molecule has 1 aromatic carbocycles. The van der Waals surface area contributed by atoms with E-state index in [1.807, 2.05) is 32.0 Å². The highest BCUT2D eigenvalue weighted by Crippen LogP contribution is 2.39. The molecule has 1 aliphatic heterocycles. The number of ether oxygens (including phenoxy) is 3. The van der Waals surface area contributed by atoms with Crippen LogP contribution in [0.25, 0.3) is 0 Å². The van der Waals surface area contributed by atoms with E-state index >= 15 is 0 Å². The average molecular weight is 293 g/mol. The van der Waals surface area contributed by atoms with Crippen molar-refractivity contribution >= 4 is 5.97 Å². The quantitative estimate of drug-likeness (QED) is 0.667. The number of hydrogen-bond donors (Lipinski definition) is 1. The van der Waals surface area contributed by atoms with Gasteiger partial charge in [0.15, 0.2) is 0 Å². The van der Waals surface area contributed by atoms with Gasteiger partial charge in [-0.3, -0.25) is 4.79 Å². The van der Waals surface area contributed by atoms with Gasteiger partial charge in [-0.2, -0.15) is 0 Å². The van der Waals surface area contributed by atoms with Crippen LogP contribution in [-0.2, 0) is 9.53 Å². The summed E-state index contributed by atoms with van der Waals surface area (Å²) in [6, 6.07) is 5.69. The lowest BCUT2D eigenvalue weighted by Crippen LogP contribution is -2.37. The topological polar surface area (TPSA) is 70.8 Å². The van der Waals surface area contributed by atoms with Crippen molar-refractivity contribution in [1.29, 1.82) is 0 Å². The Kier molecular flexibility index (Phi) is 4.73. The number of hydrogen-bond acceptors (Lipinski definition) is 5. The van der Waals surface area contributed by atoms with Crippen LogP contribution in [0.2, 0.25) is 0 Å². The Balaban J connectivity index is 1.96. The standard InChI is InChI=1S/C16H23NO4/c1-16(2)10-13(17)12-7-6-11(9-14(12)21-16)20-8-4-5-15(18)19-3/h6-7,9,13H,4-5,8,10,17H2,1-3H3. The zero-order chi connectivity index (χ0) is 15.5. The lowest BCUT2D eigenvalue weighted by atomic mass is 9.90. The Morgan fingerprint density at radius 1 is 1.48 bits per heavy atom. The van der Waals surface area contributed by atoms with Gasteiger partial charge in [0.05, 0.1) is 13.7 Å². The van der Waals surface area contributed by atoms with Crippen molar-refractivity contribution in [2.24, 2.45) is 5.73 Å². The second-order valence-electron chi connectivity index (χ2n) is 5.90. The number of fused-ring (bicyclic) bond motifs is 1. The van der Waals surface area contributed by atoms with Crippen LogP contribution in [0.3, 0.4) is 0 Å². The molecule has 0 amide bonds. The van der Waals surface area contributed by atoms with Crippen LogP contribution in [0.5, 0.6) is 11.5 Å². The van der Waals surface area contributed by atoms with Crippen molar-refractivity contribution in [3.63, 3.8) is 0 Å². The molecular formula is C16H23NO4. The summed E-state index contributed by atoms with van der Waals surface area (Å²) in [4.78, 5) is 11.0. The first-order chi connectivity index (χ1) is 9.91. The van der Waals surface area contributed by atoms with E-state index in [1.54, 1.807) is 0 Å². The highest BCUT2D eigenvalue weighted by atomic mass is 16.5. The Morgan fingerprint density at radius 3 is 2.95 bits per heavy atom. The minimum atomic E-state index is -0.268. The van der Waals surface area contributed by atoms with Gasteiger partial charge in [-0.1, -0.05) is 6.07 Å². The monoisotopic (exact) mass is 293 g/mol. The van der Waals surface area contributed by atoms with E-state index in [4.69, 9.17) is 15.2 Å². The second kappa shape index (κ2) is 6.35. The summed E-state index contributed by atoms with van der Waals surface area (Å²) in [5, 5.41) is 0. The predicted molar refractivity (Wildman–Crippen MR) is 79.4 cm³/mol. The maximum atomic E-state index is 11.0. The Labute approximate surface area is 125 Å². The predicted octanol–water partition coefficient (Wildman–Crippen LogP) is 2.58. The molecule has 2 N–H and O–H groups in total. The summed E-state index contributed by atoms with van der Waals surface area (Å²) in [5.74, 6) is 1.29. The van der Waals surface area contributed by atoms with E-state index in [1.165, 1.54) is 7.11 Å². The van der Waals surface area contributed by atoms with Crippen molar-refractivity contribution in [1.82, 2.24) is 0 Å². The van der Waals surface area contributed by atoms with Gasteiger partial charge in [0.25, 0.3) is 0 Å². The molecule has 2 rings (SSSR count). The van der Waals surface area contributed by atoms with Crippen molar-refractivity contribution < 1.29 is 19.0 Å². The third-order valence-electron chi connectivity index (χ3n) is 3.50. The molecule has 1 aliphatic rings. The van der Waals surface area contributed by atoms with E-state index in [0.717, 1.165) is 23.5 Å². The summed E-state index contributed by atoms with van der Waals surface area (Å²) >= 11 is 0. The number of methoxy groups -OCH3 is 1. The molecule has 0 spiro atoms. The van der Waals surface area contributed by atoms with Gasteiger partial charge >= 0.3 is 5.97 Å². The van der Waals surface area contributed by atoms with Crippen LogP contribution in [0.4, 0.5) is 0 Å². The Hall–Kier alpha value is -1.75. The van der Waals surface area contributed by atoms with Crippen LogP contribution in [0.15, 0.2) is 18.2 Å². The summed E-state index contributed by atoms with van der Waals surface area (Å²) in [7, 11) is 1.38. The molecule has 1 aromatic rings. The number of carbonyl (C=O) groups is 1. The van der Waals surface area contributed by atoms with E-state index in [0.29, 0.717) is 19.4 Å². The molecule has 0 aliphatic carbocycles. The molecular weight excluding hydrogens is 270 g/mol. The molecule has 0 fully saturated rings. The maximum Gasteiger partial charge on any atom is 0.305 e. The van der Waals surface area contributed by atoms with E-state index in [-0.39, 0.29) is 17.6 Å². The van der Waals surface area contributed by atoms with Gasteiger partial charge < -0.3 is 19.9 Å². The van der Waals surface area contributed by atoms with Crippen LogP contribution in [0.1, 0.15) is 44.7 Å². The van der Waals surface area contributed by atoms with Gasteiger partial charge in [-0.05, 0) is 26.3 Å². The van der Waals surface area contributed by atoms with Crippen LogP contribution in [0, 0.1) is 0 Å². The minimum absolute atomic E-state index is 0.0166. The first kappa shape index (κ1) is 15.6. The summed E-state index contributed by atoms with van der Waals surface area (Å²) in [6.45, 7) is 4.52. The molecule has 0 saturated carbocycles. The molecule has 1 atom stereocenters. The smallest absolute Gasteiger partial charge is 0.305 e. The molecule has 21 heavy (non-hydrogen) atoms. The fourth-order valence-corrected chi connectivity index (χ4v) is 2.49. The number of rotatable bonds is 5. The molecule has 5 nitrogen and oxygen atoms in total. The summed E-state index contributed by atoms with van der Waals surface area (Å²) in [5.41, 5.74) is 6.91. The van der Waals surface area contributed by atoms with Gasteiger partial charge in [0.2, 0.25) is 0 Å². The molecule has 5 heteroatoms.